The number of hydrogen-bond donors (Lipinski definition) is 1. The van der Waals surface area contributed by atoms with E-state index in [1.807, 2.05) is 0 Å². The van der Waals surface area contributed by atoms with E-state index >= 15 is 0 Å². The predicted molar refractivity (Wildman–Crippen MR) is 75.4 cm³/mol. The maximum absolute atomic E-state index is 12.0. The van der Waals surface area contributed by atoms with E-state index in [2.05, 4.69) is 5.32 Å². The molecule has 0 saturated heterocycles. The third-order valence-corrected chi connectivity index (χ3v) is 3.60. The third-order valence-electron chi connectivity index (χ3n) is 3.60. The Bertz CT molecular complexity index is 461. The first-order valence-electron chi connectivity index (χ1n) is 7.32. The number of amides is 1. The van der Waals surface area contributed by atoms with E-state index < -0.39 is 0 Å². The number of hydrogen-bond acceptors (Lipinski definition) is 3. The molecule has 1 aromatic heterocycles. The molecular weight excluding hydrogens is 256 g/mol. The first-order valence-corrected chi connectivity index (χ1v) is 7.32. The van der Waals surface area contributed by atoms with Gasteiger partial charge in [-0.15, -0.1) is 0 Å². The number of nitrogens with one attached hydrogen (secondary N) is 1. The minimum atomic E-state index is -0.386. The van der Waals surface area contributed by atoms with Crippen LogP contribution in [0.2, 0.25) is 0 Å². The molecular formula is C15H22N2O3. The second-order valence-electron chi connectivity index (χ2n) is 5.14. The first kappa shape index (κ1) is 14.6. The molecule has 1 aliphatic carbocycles. The Balaban J connectivity index is 1.90. The summed E-state index contributed by atoms with van der Waals surface area (Å²) in [7, 11) is 0. The molecule has 0 unspecified atom stereocenters. The molecule has 1 heterocycles. The minimum absolute atomic E-state index is 0.0429. The van der Waals surface area contributed by atoms with Crippen molar-refractivity contribution in [2.24, 2.45) is 0 Å². The Morgan fingerprint density at radius 3 is 2.80 bits per heavy atom. The normalized spacial score (nSPS) is 15.8. The van der Waals surface area contributed by atoms with Crippen LogP contribution in [0, 0.1) is 0 Å². The van der Waals surface area contributed by atoms with E-state index in [4.69, 9.17) is 4.74 Å². The van der Waals surface area contributed by atoms with Crippen LogP contribution in [-0.4, -0.2) is 29.1 Å². The van der Waals surface area contributed by atoms with Crippen molar-refractivity contribution >= 4 is 11.9 Å². The smallest absolute Gasteiger partial charge is 0.354 e. The van der Waals surface area contributed by atoms with Crippen molar-refractivity contribution in [3.63, 3.8) is 0 Å². The molecule has 1 N–H and O–H groups in total. The van der Waals surface area contributed by atoms with Crippen molar-refractivity contribution in [1.82, 2.24) is 9.88 Å². The van der Waals surface area contributed by atoms with Crippen LogP contribution >= 0.6 is 0 Å². The standard InChI is InChI=1S/C15H22N2O3/c1-2-20-15(19)13-9-6-10-17(13)11-14(18)16-12-7-4-3-5-8-12/h6,9-10,12H,2-5,7-8,11H2,1H3,(H,16,18). The minimum Gasteiger partial charge on any atom is -0.461 e. The second-order valence-corrected chi connectivity index (χ2v) is 5.14. The van der Waals surface area contributed by atoms with E-state index in [0.717, 1.165) is 12.8 Å². The Morgan fingerprint density at radius 1 is 1.35 bits per heavy atom. The summed E-state index contributed by atoms with van der Waals surface area (Å²) >= 11 is 0. The van der Waals surface area contributed by atoms with E-state index in [1.165, 1.54) is 19.3 Å². The third kappa shape index (κ3) is 3.85. The van der Waals surface area contributed by atoms with E-state index in [0.29, 0.717) is 12.3 Å². The predicted octanol–water partition coefficient (Wildman–Crippen LogP) is 2.11. The summed E-state index contributed by atoms with van der Waals surface area (Å²) in [6.45, 7) is 2.26. The van der Waals surface area contributed by atoms with Crippen molar-refractivity contribution < 1.29 is 14.3 Å². The molecule has 5 heteroatoms. The number of nitrogens with zero attached hydrogens (tertiary/aromatic N) is 1. The summed E-state index contributed by atoms with van der Waals surface area (Å²) in [5, 5.41) is 3.04. The summed E-state index contributed by atoms with van der Waals surface area (Å²) in [5.41, 5.74) is 0.422. The van der Waals surface area contributed by atoms with Gasteiger partial charge >= 0.3 is 5.97 Å². The zero-order valence-electron chi connectivity index (χ0n) is 11.9. The number of esters is 1. The van der Waals surface area contributed by atoms with E-state index in [-0.39, 0.29) is 24.5 Å². The molecule has 110 valence electrons. The topological polar surface area (TPSA) is 60.3 Å². The largest absolute Gasteiger partial charge is 0.461 e. The average molecular weight is 278 g/mol. The Kier molecular flexibility index (Phi) is 5.21. The Hall–Kier alpha value is -1.78. The van der Waals surface area contributed by atoms with Crippen molar-refractivity contribution in [3.05, 3.63) is 24.0 Å². The summed E-state index contributed by atoms with van der Waals surface area (Å²) in [6, 6.07) is 3.71. The monoisotopic (exact) mass is 278 g/mol. The molecule has 0 spiro atoms. The summed E-state index contributed by atoms with van der Waals surface area (Å²) in [4.78, 5) is 23.8. The van der Waals surface area contributed by atoms with Gasteiger partial charge in [0.25, 0.3) is 0 Å². The molecule has 1 aromatic rings. The number of carbonyl (C=O) groups excluding carboxylic acids is 2. The van der Waals surface area contributed by atoms with E-state index in [9.17, 15) is 9.59 Å². The van der Waals surface area contributed by atoms with Gasteiger partial charge in [-0.25, -0.2) is 4.79 Å². The van der Waals surface area contributed by atoms with Crippen LogP contribution < -0.4 is 5.32 Å². The molecule has 0 aliphatic heterocycles. The highest BCUT2D eigenvalue weighted by Gasteiger charge is 2.18. The molecule has 20 heavy (non-hydrogen) atoms. The summed E-state index contributed by atoms with van der Waals surface area (Å²) in [5.74, 6) is -0.429. The fourth-order valence-electron chi connectivity index (χ4n) is 2.62. The van der Waals surface area contributed by atoms with Gasteiger partial charge in [-0.2, -0.15) is 0 Å². The molecule has 5 nitrogen and oxygen atoms in total. The highest BCUT2D eigenvalue weighted by atomic mass is 16.5. The summed E-state index contributed by atoms with van der Waals surface area (Å²) in [6.07, 6.45) is 7.47. The first-order chi connectivity index (χ1) is 9.70. The van der Waals surface area contributed by atoms with Crippen LogP contribution in [0.15, 0.2) is 18.3 Å². The Morgan fingerprint density at radius 2 is 2.10 bits per heavy atom. The van der Waals surface area contributed by atoms with E-state index in [1.54, 1.807) is 29.8 Å². The number of rotatable bonds is 5. The molecule has 1 saturated carbocycles. The summed E-state index contributed by atoms with van der Waals surface area (Å²) < 4.78 is 6.60. The second kappa shape index (κ2) is 7.12. The fraction of sp³-hybridized carbons (Fsp3) is 0.600. The van der Waals surface area contributed by atoms with Gasteiger partial charge in [-0.1, -0.05) is 19.3 Å². The number of carbonyl (C=O) groups is 2. The van der Waals surface area contributed by atoms with Crippen LogP contribution in [-0.2, 0) is 16.1 Å². The van der Waals surface area contributed by atoms with Crippen molar-refractivity contribution in [1.29, 1.82) is 0 Å². The lowest BCUT2D eigenvalue weighted by Crippen LogP contribution is -2.38. The molecule has 1 aliphatic rings. The zero-order valence-corrected chi connectivity index (χ0v) is 11.9. The molecule has 0 aromatic carbocycles. The molecule has 0 radical (unpaired) electrons. The van der Waals surface area contributed by atoms with Gasteiger partial charge in [0.15, 0.2) is 0 Å². The Labute approximate surface area is 119 Å². The lowest BCUT2D eigenvalue weighted by Gasteiger charge is -2.23. The lowest BCUT2D eigenvalue weighted by atomic mass is 9.95. The van der Waals surface area contributed by atoms with Gasteiger partial charge in [-0.05, 0) is 31.9 Å². The maximum atomic E-state index is 12.0. The average Bonchev–Trinajstić information content (AvgIpc) is 2.88. The van der Waals surface area contributed by atoms with Crippen LogP contribution in [0.5, 0.6) is 0 Å². The number of ether oxygens (including phenoxy) is 1. The van der Waals surface area contributed by atoms with Crippen LogP contribution in [0.1, 0.15) is 49.5 Å². The molecule has 0 atom stereocenters. The van der Waals surface area contributed by atoms with Crippen LogP contribution in [0.3, 0.4) is 0 Å². The molecule has 2 rings (SSSR count). The molecule has 1 fully saturated rings. The molecule has 1 amide bonds. The quantitative estimate of drug-likeness (QED) is 0.839. The van der Waals surface area contributed by atoms with Gasteiger partial charge in [0.2, 0.25) is 5.91 Å². The van der Waals surface area contributed by atoms with Crippen LogP contribution in [0.25, 0.3) is 0 Å². The van der Waals surface area contributed by atoms with Gasteiger partial charge in [0.05, 0.1) is 6.61 Å². The van der Waals surface area contributed by atoms with Crippen molar-refractivity contribution in [2.45, 2.75) is 51.6 Å². The van der Waals surface area contributed by atoms with Gasteiger partial charge in [0.1, 0.15) is 12.2 Å². The highest BCUT2D eigenvalue weighted by molar-refractivity contribution is 5.88. The maximum Gasteiger partial charge on any atom is 0.354 e. The van der Waals surface area contributed by atoms with Gasteiger partial charge < -0.3 is 14.6 Å². The highest BCUT2D eigenvalue weighted by Crippen LogP contribution is 2.17. The molecule has 0 bridgehead atoms. The van der Waals surface area contributed by atoms with Crippen molar-refractivity contribution in [3.8, 4) is 0 Å². The number of aromatic nitrogens is 1. The zero-order chi connectivity index (χ0) is 14.4. The van der Waals surface area contributed by atoms with Gasteiger partial charge in [-0.3, -0.25) is 4.79 Å². The van der Waals surface area contributed by atoms with Crippen molar-refractivity contribution in [2.75, 3.05) is 6.61 Å². The van der Waals surface area contributed by atoms with Gasteiger partial charge in [0, 0.05) is 12.2 Å². The fourth-order valence-corrected chi connectivity index (χ4v) is 2.62. The van der Waals surface area contributed by atoms with Crippen LogP contribution in [0.4, 0.5) is 0 Å². The lowest BCUT2D eigenvalue weighted by molar-refractivity contribution is -0.122. The SMILES string of the molecule is CCOC(=O)c1cccn1CC(=O)NC1CCCCC1.